The summed E-state index contributed by atoms with van der Waals surface area (Å²) in [5.41, 5.74) is 0.740. The van der Waals surface area contributed by atoms with E-state index in [0.717, 1.165) is 28.1 Å². The fraction of sp³-hybridized carbons (Fsp3) is 0.333. The first kappa shape index (κ1) is 18.8. The van der Waals surface area contributed by atoms with E-state index in [1.54, 1.807) is 16.2 Å². The maximum absolute atomic E-state index is 13.3. The van der Waals surface area contributed by atoms with Gasteiger partial charge >= 0.3 is 0 Å². The zero-order valence-corrected chi connectivity index (χ0v) is 16.9. The standard InChI is InChI=1S/C21H19N3O5S/c25-21(14-10-17-18(29-9-8-28-17)11-16(14)24(26)27)23-7-3-4-13(12-23)20-22-15-5-1-2-6-19(15)30-20/h1-2,5-6,10-11,13H,3-4,7-9,12H2. The van der Waals surface area contributed by atoms with Crippen molar-refractivity contribution in [2.24, 2.45) is 0 Å². The summed E-state index contributed by atoms with van der Waals surface area (Å²) in [7, 11) is 0. The van der Waals surface area contributed by atoms with Crippen molar-refractivity contribution < 1.29 is 19.2 Å². The van der Waals surface area contributed by atoms with E-state index < -0.39 is 4.92 Å². The van der Waals surface area contributed by atoms with E-state index in [9.17, 15) is 14.9 Å². The van der Waals surface area contributed by atoms with E-state index in [1.165, 1.54) is 12.1 Å². The van der Waals surface area contributed by atoms with Crippen LogP contribution in [0.25, 0.3) is 10.2 Å². The molecule has 154 valence electrons. The van der Waals surface area contributed by atoms with Gasteiger partial charge in [0.15, 0.2) is 11.5 Å². The van der Waals surface area contributed by atoms with E-state index in [-0.39, 0.29) is 23.1 Å². The Kier molecular flexibility index (Phi) is 4.74. The second kappa shape index (κ2) is 7.56. The molecule has 0 bridgehead atoms. The molecule has 2 aliphatic rings. The van der Waals surface area contributed by atoms with Crippen molar-refractivity contribution in [2.75, 3.05) is 26.3 Å². The molecule has 30 heavy (non-hydrogen) atoms. The number of hydrogen-bond acceptors (Lipinski definition) is 7. The Morgan fingerprint density at radius 2 is 1.97 bits per heavy atom. The van der Waals surface area contributed by atoms with Crippen LogP contribution >= 0.6 is 11.3 Å². The molecule has 3 aromatic rings. The van der Waals surface area contributed by atoms with E-state index >= 15 is 0 Å². The van der Waals surface area contributed by atoms with Crippen LogP contribution in [0.2, 0.25) is 0 Å². The number of fused-ring (bicyclic) bond motifs is 2. The fourth-order valence-electron chi connectivity index (χ4n) is 4.00. The maximum Gasteiger partial charge on any atom is 0.286 e. The van der Waals surface area contributed by atoms with Crippen LogP contribution in [0.5, 0.6) is 11.5 Å². The molecule has 0 radical (unpaired) electrons. The number of piperidine rings is 1. The molecule has 1 fully saturated rings. The lowest BCUT2D eigenvalue weighted by atomic mass is 9.97. The quantitative estimate of drug-likeness (QED) is 0.465. The number of rotatable bonds is 3. The molecule has 3 heterocycles. The number of aromatic nitrogens is 1. The molecule has 1 unspecified atom stereocenters. The molecule has 1 amide bonds. The molecule has 2 aromatic carbocycles. The number of benzene rings is 2. The average molecular weight is 425 g/mol. The summed E-state index contributed by atoms with van der Waals surface area (Å²) in [4.78, 5) is 30.8. The third kappa shape index (κ3) is 3.35. The molecule has 0 saturated carbocycles. The lowest BCUT2D eigenvalue weighted by molar-refractivity contribution is -0.385. The molecule has 1 atom stereocenters. The second-order valence-corrected chi connectivity index (χ2v) is 8.44. The Morgan fingerprint density at radius 1 is 1.20 bits per heavy atom. The summed E-state index contributed by atoms with van der Waals surface area (Å²) < 4.78 is 12.1. The largest absolute Gasteiger partial charge is 0.486 e. The summed E-state index contributed by atoms with van der Waals surface area (Å²) in [6, 6.07) is 10.7. The van der Waals surface area contributed by atoms with Gasteiger partial charge in [-0.25, -0.2) is 4.98 Å². The lowest BCUT2D eigenvalue weighted by Crippen LogP contribution is -2.39. The number of amides is 1. The van der Waals surface area contributed by atoms with Crippen molar-refractivity contribution in [1.29, 1.82) is 0 Å². The normalized spacial score (nSPS) is 18.4. The minimum Gasteiger partial charge on any atom is -0.486 e. The summed E-state index contributed by atoms with van der Waals surface area (Å²) in [6.45, 7) is 1.73. The minimum absolute atomic E-state index is 0.0363. The zero-order valence-electron chi connectivity index (χ0n) is 16.1. The number of hydrogen-bond donors (Lipinski definition) is 0. The zero-order chi connectivity index (χ0) is 20.7. The number of nitro benzene ring substituents is 1. The Morgan fingerprint density at radius 3 is 2.73 bits per heavy atom. The summed E-state index contributed by atoms with van der Waals surface area (Å²) in [6.07, 6.45) is 1.76. The van der Waals surface area contributed by atoms with Crippen LogP contribution in [0.1, 0.15) is 34.1 Å². The Balaban J connectivity index is 1.44. The first-order valence-corrected chi connectivity index (χ1v) is 10.6. The van der Waals surface area contributed by atoms with Gasteiger partial charge in [0, 0.05) is 25.1 Å². The SMILES string of the molecule is O=C(c1cc2c(cc1[N+](=O)[O-])OCCO2)N1CCCC(c2nc3ccccc3s2)C1. The number of carbonyl (C=O) groups is 1. The van der Waals surface area contributed by atoms with Crippen molar-refractivity contribution in [1.82, 2.24) is 9.88 Å². The van der Waals surface area contributed by atoms with E-state index in [4.69, 9.17) is 14.5 Å². The Labute approximate surface area is 176 Å². The number of thiazole rings is 1. The van der Waals surface area contributed by atoms with E-state index in [2.05, 4.69) is 0 Å². The molecule has 0 N–H and O–H groups in total. The number of ether oxygens (including phenoxy) is 2. The minimum atomic E-state index is -0.541. The van der Waals surface area contributed by atoms with Gasteiger partial charge in [0.25, 0.3) is 11.6 Å². The van der Waals surface area contributed by atoms with Crippen molar-refractivity contribution in [3.05, 3.63) is 57.1 Å². The highest BCUT2D eigenvalue weighted by atomic mass is 32.1. The fourth-order valence-corrected chi connectivity index (χ4v) is 5.09. The maximum atomic E-state index is 13.3. The van der Waals surface area contributed by atoms with Gasteiger partial charge in [0.1, 0.15) is 18.8 Å². The molecule has 2 aliphatic heterocycles. The van der Waals surface area contributed by atoms with Crippen molar-refractivity contribution in [3.8, 4) is 11.5 Å². The lowest BCUT2D eigenvalue weighted by Gasteiger charge is -2.32. The van der Waals surface area contributed by atoms with Crippen LogP contribution < -0.4 is 9.47 Å². The summed E-state index contributed by atoms with van der Waals surface area (Å²) >= 11 is 1.65. The predicted octanol–water partition coefficient (Wildman–Crippen LogP) is 4.00. The van der Waals surface area contributed by atoms with Crippen LogP contribution in [0.15, 0.2) is 36.4 Å². The number of nitro groups is 1. The predicted molar refractivity (Wildman–Crippen MR) is 112 cm³/mol. The van der Waals surface area contributed by atoms with Gasteiger partial charge in [0.2, 0.25) is 0 Å². The molecule has 0 aliphatic carbocycles. The van der Waals surface area contributed by atoms with Gasteiger partial charge in [0.05, 0.1) is 26.2 Å². The van der Waals surface area contributed by atoms with Gasteiger partial charge in [-0.15, -0.1) is 11.3 Å². The molecule has 9 heteroatoms. The number of likely N-dealkylation sites (tertiary alicyclic amines) is 1. The van der Waals surface area contributed by atoms with Crippen LogP contribution in [0.4, 0.5) is 5.69 Å². The monoisotopic (exact) mass is 425 g/mol. The van der Waals surface area contributed by atoms with Gasteiger partial charge < -0.3 is 14.4 Å². The molecule has 8 nitrogen and oxygen atoms in total. The topological polar surface area (TPSA) is 94.8 Å². The van der Waals surface area contributed by atoms with Gasteiger partial charge in [-0.1, -0.05) is 12.1 Å². The third-order valence-electron chi connectivity index (χ3n) is 5.46. The summed E-state index contributed by atoms with van der Waals surface area (Å²) in [5, 5.41) is 12.6. The van der Waals surface area contributed by atoms with Crippen LogP contribution in [-0.2, 0) is 0 Å². The molecule has 1 aromatic heterocycles. The molecule has 1 saturated heterocycles. The van der Waals surface area contributed by atoms with E-state index in [0.29, 0.717) is 37.8 Å². The molecular formula is C21H19N3O5S. The highest BCUT2D eigenvalue weighted by Crippen LogP contribution is 2.38. The van der Waals surface area contributed by atoms with Crippen molar-refractivity contribution in [2.45, 2.75) is 18.8 Å². The first-order valence-electron chi connectivity index (χ1n) is 9.83. The second-order valence-electron chi connectivity index (χ2n) is 7.38. The van der Waals surface area contributed by atoms with Gasteiger partial charge in [-0.3, -0.25) is 14.9 Å². The number of carbonyl (C=O) groups excluding carboxylic acids is 1. The van der Waals surface area contributed by atoms with Crippen LogP contribution in [0, 0.1) is 10.1 Å². The Bertz CT molecular complexity index is 1110. The van der Waals surface area contributed by atoms with Crippen molar-refractivity contribution >= 4 is 33.1 Å². The average Bonchev–Trinajstić information content (AvgIpc) is 3.22. The first-order chi connectivity index (χ1) is 14.6. The molecule has 5 rings (SSSR count). The van der Waals surface area contributed by atoms with Gasteiger partial charge in [-0.2, -0.15) is 0 Å². The van der Waals surface area contributed by atoms with Crippen LogP contribution in [0.3, 0.4) is 0 Å². The third-order valence-corrected chi connectivity index (χ3v) is 6.65. The summed E-state index contributed by atoms with van der Waals surface area (Å²) in [5.74, 6) is 0.436. The molecule has 0 spiro atoms. The number of para-hydroxylation sites is 1. The molecular weight excluding hydrogens is 406 g/mol. The highest BCUT2D eigenvalue weighted by Gasteiger charge is 2.32. The Hall–Kier alpha value is -3.20. The van der Waals surface area contributed by atoms with Crippen molar-refractivity contribution in [3.63, 3.8) is 0 Å². The highest BCUT2D eigenvalue weighted by molar-refractivity contribution is 7.18. The van der Waals surface area contributed by atoms with Crippen LogP contribution in [-0.4, -0.2) is 47.0 Å². The number of nitrogens with zero attached hydrogens (tertiary/aromatic N) is 3. The smallest absolute Gasteiger partial charge is 0.286 e. The van der Waals surface area contributed by atoms with Gasteiger partial charge in [-0.05, 0) is 25.0 Å². The van der Waals surface area contributed by atoms with E-state index in [1.807, 2.05) is 24.3 Å².